The molecular formula is C23H18FN3O2S2. The summed E-state index contributed by atoms with van der Waals surface area (Å²) in [7, 11) is 0. The van der Waals surface area contributed by atoms with Crippen molar-refractivity contribution in [3.05, 3.63) is 88.8 Å². The van der Waals surface area contributed by atoms with Gasteiger partial charge in [0.2, 0.25) is 5.91 Å². The van der Waals surface area contributed by atoms with Gasteiger partial charge >= 0.3 is 0 Å². The van der Waals surface area contributed by atoms with Crippen molar-refractivity contribution in [3.63, 3.8) is 0 Å². The molecule has 1 amide bonds. The molecule has 0 aliphatic heterocycles. The van der Waals surface area contributed by atoms with Gasteiger partial charge in [0.1, 0.15) is 10.6 Å². The van der Waals surface area contributed by atoms with Crippen molar-refractivity contribution in [2.45, 2.75) is 11.7 Å². The Balaban J connectivity index is 1.62. The lowest BCUT2D eigenvalue weighted by Gasteiger charge is -2.11. The number of thioether (sulfide) groups is 1. The number of fused-ring (bicyclic) bond motifs is 1. The molecule has 0 fully saturated rings. The van der Waals surface area contributed by atoms with Crippen LogP contribution in [0.2, 0.25) is 0 Å². The third kappa shape index (κ3) is 4.60. The number of nitrogens with zero attached hydrogens (tertiary/aromatic N) is 2. The molecule has 0 unspecified atom stereocenters. The van der Waals surface area contributed by atoms with Gasteiger partial charge in [-0.05, 0) is 29.8 Å². The molecule has 2 aromatic carbocycles. The highest BCUT2D eigenvalue weighted by Gasteiger charge is 2.17. The van der Waals surface area contributed by atoms with Gasteiger partial charge in [-0.3, -0.25) is 14.2 Å². The molecule has 0 saturated heterocycles. The maximum atomic E-state index is 13.3. The average molecular weight is 452 g/mol. The third-order valence-corrected chi connectivity index (χ3v) is 6.36. The molecule has 0 spiro atoms. The number of aromatic nitrogens is 2. The minimum Gasteiger partial charge on any atom is -0.325 e. The molecule has 2 aromatic heterocycles. The minimum absolute atomic E-state index is 0.0589. The van der Waals surface area contributed by atoms with E-state index < -0.39 is 0 Å². The van der Waals surface area contributed by atoms with Gasteiger partial charge in [0, 0.05) is 23.2 Å². The maximum absolute atomic E-state index is 13.3. The topological polar surface area (TPSA) is 64.0 Å². The fourth-order valence-corrected chi connectivity index (χ4v) is 4.89. The Bertz CT molecular complexity index is 1300. The van der Waals surface area contributed by atoms with E-state index in [4.69, 9.17) is 0 Å². The van der Waals surface area contributed by atoms with E-state index >= 15 is 0 Å². The van der Waals surface area contributed by atoms with Crippen LogP contribution in [0.3, 0.4) is 0 Å². The van der Waals surface area contributed by atoms with Gasteiger partial charge < -0.3 is 5.32 Å². The number of rotatable bonds is 7. The lowest BCUT2D eigenvalue weighted by Crippen LogP contribution is -2.23. The second kappa shape index (κ2) is 9.28. The summed E-state index contributed by atoms with van der Waals surface area (Å²) in [5.41, 5.74) is 2.15. The zero-order chi connectivity index (χ0) is 21.8. The smallest absolute Gasteiger partial charge is 0.263 e. The second-order valence-electron chi connectivity index (χ2n) is 6.64. The van der Waals surface area contributed by atoms with Crippen LogP contribution in [0.5, 0.6) is 0 Å². The Hall–Kier alpha value is -3.23. The van der Waals surface area contributed by atoms with Gasteiger partial charge in [0.25, 0.3) is 5.56 Å². The van der Waals surface area contributed by atoms with Crippen LogP contribution in [0.4, 0.5) is 10.1 Å². The van der Waals surface area contributed by atoms with Crippen LogP contribution in [-0.2, 0) is 11.3 Å². The third-order valence-electron chi connectivity index (χ3n) is 4.52. The van der Waals surface area contributed by atoms with Crippen LogP contribution < -0.4 is 10.9 Å². The molecule has 0 aliphatic carbocycles. The van der Waals surface area contributed by atoms with E-state index in [9.17, 15) is 14.0 Å². The van der Waals surface area contributed by atoms with E-state index in [1.165, 1.54) is 51.9 Å². The normalized spacial score (nSPS) is 10.9. The summed E-state index contributed by atoms with van der Waals surface area (Å²) >= 11 is 2.58. The van der Waals surface area contributed by atoms with E-state index in [1.54, 1.807) is 6.08 Å². The molecule has 0 bridgehead atoms. The van der Waals surface area contributed by atoms with Crippen molar-refractivity contribution in [1.29, 1.82) is 0 Å². The Kier molecular flexibility index (Phi) is 6.29. The number of benzene rings is 2. The molecule has 5 nitrogen and oxygen atoms in total. The number of anilines is 1. The molecule has 0 radical (unpaired) electrons. The number of carbonyl (C=O) groups excluding carboxylic acids is 1. The predicted molar refractivity (Wildman–Crippen MR) is 125 cm³/mol. The molecule has 2 heterocycles. The first-order valence-corrected chi connectivity index (χ1v) is 11.3. The molecular weight excluding hydrogens is 433 g/mol. The molecule has 0 saturated carbocycles. The van der Waals surface area contributed by atoms with E-state index in [1.807, 2.05) is 35.7 Å². The molecule has 0 aliphatic rings. The Morgan fingerprint density at radius 1 is 1.19 bits per heavy atom. The number of carbonyl (C=O) groups is 1. The van der Waals surface area contributed by atoms with Gasteiger partial charge in [0.05, 0.1) is 11.1 Å². The van der Waals surface area contributed by atoms with Gasteiger partial charge in [0.15, 0.2) is 5.16 Å². The van der Waals surface area contributed by atoms with E-state index in [0.717, 1.165) is 11.1 Å². The number of hydrogen-bond donors (Lipinski definition) is 1. The first kappa shape index (κ1) is 21.0. The summed E-state index contributed by atoms with van der Waals surface area (Å²) in [6.07, 6.45) is 1.63. The first-order chi connectivity index (χ1) is 15.1. The molecule has 4 rings (SSSR count). The zero-order valence-corrected chi connectivity index (χ0v) is 18.0. The standard InChI is InChI=1S/C23H18FN3O2S2/c1-2-12-27-22(29)20-18(15-6-4-3-5-7-15)13-30-21(20)26-23(27)31-14-19(28)25-17-10-8-16(24)9-11-17/h2-11,13H,1,12,14H2,(H,25,28). The quantitative estimate of drug-likeness (QED) is 0.239. The summed E-state index contributed by atoms with van der Waals surface area (Å²) < 4.78 is 14.6. The number of nitrogens with one attached hydrogen (secondary N) is 1. The lowest BCUT2D eigenvalue weighted by molar-refractivity contribution is -0.113. The Labute approximate surface area is 186 Å². The minimum atomic E-state index is -0.371. The van der Waals surface area contributed by atoms with Gasteiger partial charge in [-0.1, -0.05) is 48.2 Å². The average Bonchev–Trinajstić information content (AvgIpc) is 3.21. The molecule has 0 atom stereocenters. The number of allylic oxidation sites excluding steroid dienone is 1. The van der Waals surface area contributed by atoms with Crippen molar-refractivity contribution < 1.29 is 9.18 Å². The molecule has 31 heavy (non-hydrogen) atoms. The van der Waals surface area contributed by atoms with Crippen LogP contribution in [0.1, 0.15) is 0 Å². The van der Waals surface area contributed by atoms with Gasteiger partial charge in [-0.15, -0.1) is 17.9 Å². The number of amides is 1. The van der Waals surface area contributed by atoms with Gasteiger partial charge in [-0.25, -0.2) is 9.37 Å². The van der Waals surface area contributed by atoms with E-state index in [0.29, 0.717) is 21.1 Å². The summed E-state index contributed by atoms with van der Waals surface area (Å²) in [5, 5.41) is 5.66. The Morgan fingerprint density at radius 3 is 2.65 bits per heavy atom. The number of halogens is 1. The SMILES string of the molecule is C=CCn1c(SCC(=O)Nc2ccc(F)cc2)nc2scc(-c3ccccc3)c2c1=O. The highest BCUT2D eigenvalue weighted by Crippen LogP contribution is 2.32. The molecule has 8 heteroatoms. The van der Waals surface area contributed by atoms with Crippen LogP contribution in [-0.4, -0.2) is 21.2 Å². The monoisotopic (exact) mass is 451 g/mol. The number of thiophene rings is 1. The van der Waals surface area contributed by atoms with Crippen molar-refractivity contribution in [2.75, 3.05) is 11.1 Å². The van der Waals surface area contributed by atoms with E-state index in [2.05, 4.69) is 16.9 Å². The largest absolute Gasteiger partial charge is 0.325 e. The fourth-order valence-electron chi connectivity index (χ4n) is 3.10. The predicted octanol–water partition coefficient (Wildman–Crippen LogP) is 5.18. The van der Waals surface area contributed by atoms with Crippen LogP contribution in [0.25, 0.3) is 21.3 Å². The summed E-state index contributed by atoms with van der Waals surface area (Å²) in [5.74, 6) is -0.583. The molecule has 156 valence electrons. The molecule has 1 N–H and O–H groups in total. The molecule has 4 aromatic rings. The van der Waals surface area contributed by atoms with Crippen LogP contribution in [0, 0.1) is 5.82 Å². The highest BCUT2D eigenvalue weighted by atomic mass is 32.2. The van der Waals surface area contributed by atoms with Crippen molar-refractivity contribution in [1.82, 2.24) is 9.55 Å². The van der Waals surface area contributed by atoms with Crippen molar-refractivity contribution in [3.8, 4) is 11.1 Å². The summed E-state index contributed by atoms with van der Waals surface area (Å²) in [6.45, 7) is 4.03. The lowest BCUT2D eigenvalue weighted by atomic mass is 10.1. The summed E-state index contributed by atoms with van der Waals surface area (Å²) in [6, 6.07) is 15.2. The summed E-state index contributed by atoms with van der Waals surface area (Å²) in [4.78, 5) is 30.9. The highest BCUT2D eigenvalue weighted by molar-refractivity contribution is 7.99. The Morgan fingerprint density at radius 2 is 1.94 bits per heavy atom. The first-order valence-electron chi connectivity index (χ1n) is 9.43. The number of hydrogen-bond acceptors (Lipinski definition) is 5. The fraction of sp³-hybridized carbons (Fsp3) is 0.0870. The van der Waals surface area contributed by atoms with Crippen molar-refractivity contribution >= 4 is 44.9 Å². The van der Waals surface area contributed by atoms with Crippen molar-refractivity contribution in [2.24, 2.45) is 0 Å². The van der Waals surface area contributed by atoms with Crippen LogP contribution in [0.15, 0.2) is 82.6 Å². The van der Waals surface area contributed by atoms with Crippen LogP contribution >= 0.6 is 23.1 Å². The zero-order valence-electron chi connectivity index (χ0n) is 16.4. The second-order valence-corrected chi connectivity index (χ2v) is 8.44. The van der Waals surface area contributed by atoms with E-state index in [-0.39, 0.29) is 29.6 Å². The maximum Gasteiger partial charge on any atom is 0.263 e. The van der Waals surface area contributed by atoms with Gasteiger partial charge in [-0.2, -0.15) is 0 Å².